The number of fused-ring (bicyclic) bond motifs is 1. The fourth-order valence-corrected chi connectivity index (χ4v) is 2.78. The third-order valence-corrected chi connectivity index (χ3v) is 3.96. The summed E-state index contributed by atoms with van der Waals surface area (Å²) in [4.78, 5) is 7.01. The summed E-state index contributed by atoms with van der Waals surface area (Å²) in [5.74, 6) is 1.53. The van der Waals surface area contributed by atoms with E-state index >= 15 is 0 Å². The zero-order chi connectivity index (χ0) is 16.8. The average molecular weight is 315 g/mol. The molecule has 126 valence electrons. The molecule has 0 bridgehead atoms. The molecule has 4 nitrogen and oxygen atoms in total. The molecule has 4 heteroatoms. The van der Waals surface area contributed by atoms with Crippen molar-refractivity contribution >= 4 is 16.6 Å². The van der Waals surface area contributed by atoms with Gasteiger partial charge < -0.3 is 10.1 Å². The van der Waals surface area contributed by atoms with Gasteiger partial charge in [0.05, 0.1) is 18.3 Å². The molecule has 0 saturated heterocycles. The van der Waals surface area contributed by atoms with E-state index < -0.39 is 0 Å². The highest BCUT2D eigenvalue weighted by molar-refractivity contribution is 5.91. The molecule has 1 aromatic heterocycles. The van der Waals surface area contributed by atoms with Gasteiger partial charge in [-0.1, -0.05) is 19.9 Å². The van der Waals surface area contributed by atoms with Gasteiger partial charge in [-0.05, 0) is 31.9 Å². The largest absolute Gasteiger partial charge is 0.497 e. The highest BCUT2D eigenvalue weighted by Crippen LogP contribution is 2.27. The minimum absolute atomic E-state index is 0.555. The zero-order valence-corrected chi connectivity index (χ0v) is 15.0. The van der Waals surface area contributed by atoms with Gasteiger partial charge in [-0.15, -0.1) is 0 Å². The third-order valence-electron chi connectivity index (χ3n) is 3.96. The number of pyridine rings is 1. The Morgan fingerprint density at radius 2 is 2.00 bits per heavy atom. The maximum absolute atomic E-state index is 5.40. The number of anilines is 1. The van der Waals surface area contributed by atoms with Gasteiger partial charge in [0.2, 0.25) is 0 Å². The van der Waals surface area contributed by atoms with E-state index in [1.165, 1.54) is 0 Å². The summed E-state index contributed by atoms with van der Waals surface area (Å²) in [6.07, 6.45) is 1.83. The van der Waals surface area contributed by atoms with Gasteiger partial charge in [-0.25, -0.2) is 0 Å². The van der Waals surface area contributed by atoms with Crippen LogP contribution in [0.5, 0.6) is 5.75 Å². The topological polar surface area (TPSA) is 37.4 Å². The molecule has 0 unspecified atom stereocenters. The summed E-state index contributed by atoms with van der Waals surface area (Å²) in [5, 5.41) is 4.63. The molecule has 1 aromatic carbocycles. The lowest BCUT2D eigenvalue weighted by Crippen LogP contribution is -2.37. The minimum Gasteiger partial charge on any atom is -0.497 e. The average Bonchev–Trinajstić information content (AvgIpc) is 2.53. The molecular formula is C19H29N3O. The van der Waals surface area contributed by atoms with Crippen LogP contribution in [0.4, 0.5) is 5.69 Å². The van der Waals surface area contributed by atoms with Crippen LogP contribution in [-0.2, 0) is 0 Å². The first-order chi connectivity index (χ1) is 11.0. The Hall–Kier alpha value is -1.81. The van der Waals surface area contributed by atoms with Crippen molar-refractivity contribution in [1.82, 2.24) is 9.88 Å². The van der Waals surface area contributed by atoms with Crippen LogP contribution in [-0.4, -0.2) is 42.7 Å². The van der Waals surface area contributed by atoms with Crippen molar-refractivity contribution < 1.29 is 4.74 Å². The smallest absolute Gasteiger partial charge is 0.121 e. The van der Waals surface area contributed by atoms with Crippen LogP contribution in [0, 0.1) is 5.92 Å². The van der Waals surface area contributed by atoms with Crippen LogP contribution in [0.2, 0.25) is 0 Å². The van der Waals surface area contributed by atoms with Crippen molar-refractivity contribution in [3.05, 3.63) is 30.5 Å². The first kappa shape index (κ1) is 17.5. The molecule has 0 amide bonds. The van der Waals surface area contributed by atoms with Crippen LogP contribution < -0.4 is 10.1 Å². The summed E-state index contributed by atoms with van der Waals surface area (Å²) >= 11 is 0. The molecule has 23 heavy (non-hydrogen) atoms. The van der Waals surface area contributed by atoms with E-state index in [0.29, 0.717) is 12.0 Å². The van der Waals surface area contributed by atoms with Crippen LogP contribution in [0.1, 0.15) is 27.7 Å². The predicted octanol–water partition coefficient (Wildman–Crippen LogP) is 4.02. The number of ether oxygens (including phenoxy) is 1. The van der Waals surface area contributed by atoms with Gasteiger partial charge in [0.15, 0.2) is 0 Å². The molecule has 2 aromatic rings. The van der Waals surface area contributed by atoms with Gasteiger partial charge in [0.25, 0.3) is 0 Å². The lowest BCUT2D eigenvalue weighted by Gasteiger charge is -2.28. The Labute approximate surface area is 139 Å². The Kier molecular flexibility index (Phi) is 6.22. The summed E-state index contributed by atoms with van der Waals surface area (Å²) in [7, 11) is 1.70. The Bertz CT molecular complexity index is 625. The number of rotatable bonds is 8. The van der Waals surface area contributed by atoms with E-state index in [1.807, 2.05) is 24.4 Å². The minimum atomic E-state index is 0.555. The van der Waals surface area contributed by atoms with Crippen LogP contribution in [0.25, 0.3) is 10.9 Å². The summed E-state index contributed by atoms with van der Waals surface area (Å²) in [6.45, 7) is 12.1. The Morgan fingerprint density at radius 3 is 2.65 bits per heavy atom. The lowest BCUT2D eigenvalue weighted by atomic mass is 10.1. The summed E-state index contributed by atoms with van der Waals surface area (Å²) in [6, 6.07) is 8.62. The number of hydrogen-bond donors (Lipinski definition) is 1. The maximum Gasteiger partial charge on any atom is 0.121 e. The van der Waals surface area contributed by atoms with Gasteiger partial charge >= 0.3 is 0 Å². The van der Waals surface area contributed by atoms with E-state index in [1.54, 1.807) is 7.11 Å². The number of hydrogen-bond acceptors (Lipinski definition) is 4. The lowest BCUT2D eigenvalue weighted by molar-refractivity contribution is 0.205. The maximum atomic E-state index is 5.40. The first-order valence-corrected chi connectivity index (χ1v) is 8.42. The van der Waals surface area contributed by atoms with Crippen molar-refractivity contribution in [2.75, 3.05) is 32.1 Å². The highest BCUT2D eigenvalue weighted by atomic mass is 16.5. The molecule has 0 aliphatic heterocycles. The SMILES string of the molecule is COc1cc(NCCN(CC(C)C)C(C)C)c2ncccc2c1. The number of aromatic nitrogens is 1. The molecule has 0 aliphatic carbocycles. The molecule has 0 fully saturated rings. The van der Waals surface area contributed by atoms with E-state index in [4.69, 9.17) is 4.74 Å². The second kappa shape index (κ2) is 8.16. The molecule has 0 saturated carbocycles. The molecule has 0 atom stereocenters. The fourth-order valence-electron chi connectivity index (χ4n) is 2.78. The quantitative estimate of drug-likeness (QED) is 0.798. The molecule has 2 rings (SSSR count). The molecule has 0 radical (unpaired) electrons. The number of nitrogens with zero attached hydrogens (tertiary/aromatic N) is 2. The Morgan fingerprint density at radius 1 is 1.22 bits per heavy atom. The van der Waals surface area contributed by atoms with Gasteiger partial charge in [-0.3, -0.25) is 9.88 Å². The first-order valence-electron chi connectivity index (χ1n) is 8.42. The van der Waals surface area contributed by atoms with Crippen molar-refractivity contribution in [2.24, 2.45) is 5.92 Å². The van der Waals surface area contributed by atoms with Crippen molar-refractivity contribution in [2.45, 2.75) is 33.7 Å². The second-order valence-corrected chi connectivity index (χ2v) is 6.66. The number of nitrogens with one attached hydrogen (secondary N) is 1. The van der Waals surface area contributed by atoms with Crippen molar-refractivity contribution in [1.29, 1.82) is 0 Å². The zero-order valence-electron chi connectivity index (χ0n) is 15.0. The standard InChI is InChI=1S/C19H29N3O/c1-14(2)13-22(15(3)4)10-9-20-18-12-17(23-5)11-16-7-6-8-21-19(16)18/h6-8,11-12,14-15,20H,9-10,13H2,1-5H3. The van der Waals surface area contributed by atoms with Gasteiger partial charge in [0.1, 0.15) is 5.75 Å². The van der Waals surface area contributed by atoms with Crippen LogP contribution >= 0.6 is 0 Å². The van der Waals surface area contributed by atoms with E-state index in [9.17, 15) is 0 Å². The van der Waals surface area contributed by atoms with E-state index in [0.717, 1.165) is 42.0 Å². The van der Waals surface area contributed by atoms with Crippen LogP contribution in [0.15, 0.2) is 30.5 Å². The Balaban J connectivity index is 2.09. The highest BCUT2D eigenvalue weighted by Gasteiger charge is 2.11. The molecule has 1 N–H and O–H groups in total. The monoisotopic (exact) mass is 315 g/mol. The summed E-state index contributed by atoms with van der Waals surface area (Å²) in [5.41, 5.74) is 2.03. The van der Waals surface area contributed by atoms with E-state index in [-0.39, 0.29) is 0 Å². The van der Waals surface area contributed by atoms with Crippen molar-refractivity contribution in [3.8, 4) is 5.75 Å². The summed E-state index contributed by atoms with van der Waals surface area (Å²) < 4.78 is 5.40. The van der Waals surface area contributed by atoms with Crippen LogP contribution in [0.3, 0.4) is 0 Å². The molecule has 1 heterocycles. The molecular weight excluding hydrogens is 286 g/mol. The number of benzene rings is 1. The van der Waals surface area contributed by atoms with E-state index in [2.05, 4.69) is 49.0 Å². The van der Waals surface area contributed by atoms with Crippen molar-refractivity contribution in [3.63, 3.8) is 0 Å². The van der Waals surface area contributed by atoms with Gasteiger partial charge in [0, 0.05) is 43.3 Å². The van der Waals surface area contributed by atoms with Gasteiger partial charge in [-0.2, -0.15) is 0 Å². The molecule has 0 spiro atoms. The predicted molar refractivity (Wildman–Crippen MR) is 98.3 cm³/mol. The fraction of sp³-hybridized carbons (Fsp3) is 0.526. The number of methoxy groups -OCH3 is 1. The molecule has 0 aliphatic rings. The second-order valence-electron chi connectivity index (χ2n) is 6.66. The normalized spacial score (nSPS) is 11.7. The third kappa shape index (κ3) is 4.83.